The number of carbonyl (C=O) groups is 1. The van der Waals surface area contributed by atoms with Crippen molar-refractivity contribution in [2.24, 2.45) is 11.7 Å². The van der Waals surface area contributed by atoms with Gasteiger partial charge in [-0.3, -0.25) is 4.79 Å². The van der Waals surface area contributed by atoms with Crippen LogP contribution in [-0.4, -0.2) is 27.4 Å². The Morgan fingerprint density at radius 3 is 2.76 bits per heavy atom. The van der Waals surface area contributed by atoms with Gasteiger partial charge in [0.1, 0.15) is 0 Å². The molecule has 0 saturated heterocycles. The normalized spacial score (nSPS) is 22.4. The van der Waals surface area contributed by atoms with Gasteiger partial charge in [0.25, 0.3) is 0 Å². The third kappa shape index (κ3) is 4.19. The van der Waals surface area contributed by atoms with Crippen molar-refractivity contribution in [1.82, 2.24) is 4.72 Å². The molecule has 2 atom stereocenters. The average Bonchev–Trinajstić information content (AvgIpc) is 3.42. The Kier molecular flexibility index (Phi) is 6.33. The van der Waals surface area contributed by atoms with Crippen LogP contribution in [0.15, 0.2) is 53.4 Å². The molecular weight excluding hydrogens is 410 g/mol. The summed E-state index contributed by atoms with van der Waals surface area (Å²) in [6.07, 6.45) is 4.05. The molecule has 2 aromatic carbocycles. The number of halogens is 1. The van der Waals surface area contributed by atoms with E-state index in [-0.39, 0.29) is 47.6 Å². The van der Waals surface area contributed by atoms with Gasteiger partial charge in [-0.2, -0.15) is 0 Å². The number of sulfonamides is 1. The third-order valence-electron chi connectivity index (χ3n) is 5.86. The Morgan fingerprint density at radius 1 is 1.17 bits per heavy atom. The molecule has 2 aliphatic rings. The topological polar surface area (TPSA) is 101 Å². The first-order chi connectivity index (χ1) is 13.5. The van der Waals surface area contributed by atoms with Crippen LogP contribution in [0.5, 0.6) is 0 Å². The molecule has 8 heteroatoms. The van der Waals surface area contributed by atoms with Gasteiger partial charge in [0.2, 0.25) is 15.9 Å². The standard InChI is InChI=1S/C21H25N3O3S.ClH/c22-11-12-23-28(26,27)17-8-3-7-16(13-17)24-20(25)19-14-21(19)10-4-6-15-5-1-2-9-18(15)21;/h1-3,5,7-9,13,19,23H,4,6,10-12,14,22H2,(H,24,25);1H. The summed E-state index contributed by atoms with van der Waals surface area (Å²) in [4.78, 5) is 13.0. The van der Waals surface area contributed by atoms with E-state index in [9.17, 15) is 13.2 Å². The predicted molar refractivity (Wildman–Crippen MR) is 116 cm³/mol. The number of nitrogens with one attached hydrogen (secondary N) is 2. The molecule has 0 aromatic heterocycles. The molecule has 0 bridgehead atoms. The molecule has 0 aliphatic heterocycles. The number of amides is 1. The zero-order valence-electron chi connectivity index (χ0n) is 16.1. The van der Waals surface area contributed by atoms with Crippen molar-refractivity contribution in [2.45, 2.75) is 36.0 Å². The van der Waals surface area contributed by atoms with Crippen LogP contribution in [-0.2, 0) is 26.7 Å². The zero-order chi connectivity index (χ0) is 19.8. The van der Waals surface area contributed by atoms with E-state index in [1.54, 1.807) is 12.1 Å². The zero-order valence-corrected chi connectivity index (χ0v) is 17.7. The quantitative estimate of drug-likeness (QED) is 0.649. The lowest BCUT2D eigenvalue weighted by Crippen LogP contribution is -2.29. The van der Waals surface area contributed by atoms with Gasteiger partial charge in [0.15, 0.2) is 0 Å². The molecule has 1 saturated carbocycles. The van der Waals surface area contributed by atoms with Crippen LogP contribution < -0.4 is 15.8 Å². The monoisotopic (exact) mass is 435 g/mol. The van der Waals surface area contributed by atoms with Crippen molar-refractivity contribution in [3.63, 3.8) is 0 Å². The summed E-state index contributed by atoms with van der Waals surface area (Å²) in [6, 6.07) is 14.7. The predicted octanol–water partition coefficient (Wildman–Crippen LogP) is 2.58. The summed E-state index contributed by atoms with van der Waals surface area (Å²) in [5.41, 5.74) is 8.47. The molecule has 1 fully saturated rings. The van der Waals surface area contributed by atoms with Gasteiger partial charge in [-0.15, -0.1) is 12.4 Å². The second-order valence-electron chi connectivity index (χ2n) is 7.63. The Hall–Kier alpha value is -1.93. The highest BCUT2D eigenvalue weighted by Crippen LogP contribution is 2.60. The highest BCUT2D eigenvalue weighted by molar-refractivity contribution is 7.89. The van der Waals surface area contributed by atoms with Crippen molar-refractivity contribution in [3.8, 4) is 0 Å². The summed E-state index contributed by atoms with van der Waals surface area (Å²) in [7, 11) is -3.63. The fraction of sp³-hybridized carbons (Fsp3) is 0.381. The first-order valence-corrected chi connectivity index (χ1v) is 11.1. The lowest BCUT2D eigenvalue weighted by Gasteiger charge is -2.26. The van der Waals surface area contributed by atoms with E-state index in [2.05, 4.69) is 28.2 Å². The molecule has 156 valence electrons. The number of aryl methyl sites for hydroxylation is 1. The molecule has 4 N–H and O–H groups in total. The highest BCUT2D eigenvalue weighted by Gasteiger charge is 2.60. The lowest BCUT2D eigenvalue weighted by atomic mass is 9.78. The number of fused-ring (bicyclic) bond motifs is 2. The number of carbonyl (C=O) groups excluding carboxylic acids is 1. The highest BCUT2D eigenvalue weighted by atomic mass is 35.5. The second kappa shape index (κ2) is 8.44. The first kappa shape index (κ1) is 21.8. The van der Waals surface area contributed by atoms with E-state index in [0.717, 1.165) is 25.7 Å². The molecule has 0 heterocycles. The van der Waals surface area contributed by atoms with Gasteiger partial charge in [-0.1, -0.05) is 30.3 Å². The molecule has 6 nitrogen and oxygen atoms in total. The summed E-state index contributed by atoms with van der Waals surface area (Å²) >= 11 is 0. The molecule has 1 spiro atoms. The molecule has 0 radical (unpaired) electrons. The van der Waals surface area contributed by atoms with Crippen molar-refractivity contribution < 1.29 is 13.2 Å². The molecule has 2 aliphatic carbocycles. The third-order valence-corrected chi connectivity index (χ3v) is 7.32. The molecule has 4 rings (SSSR count). The summed E-state index contributed by atoms with van der Waals surface area (Å²) in [5, 5.41) is 2.92. The first-order valence-electron chi connectivity index (χ1n) is 9.65. The van der Waals surface area contributed by atoms with Crippen LogP contribution in [0, 0.1) is 5.92 Å². The van der Waals surface area contributed by atoms with Gasteiger partial charge in [-0.25, -0.2) is 13.1 Å². The minimum absolute atomic E-state index is 0. The van der Waals surface area contributed by atoms with E-state index in [1.165, 1.54) is 23.3 Å². The molecule has 1 amide bonds. The molecular formula is C21H26ClN3O3S. The van der Waals surface area contributed by atoms with Gasteiger partial charge in [0.05, 0.1) is 4.90 Å². The summed E-state index contributed by atoms with van der Waals surface area (Å²) in [5.74, 6) is -0.106. The Bertz CT molecular complexity index is 1010. The summed E-state index contributed by atoms with van der Waals surface area (Å²) < 4.78 is 27.0. The van der Waals surface area contributed by atoms with Crippen LogP contribution in [0.1, 0.15) is 30.4 Å². The SMILES string of the molecule is Cl.NCCNS(=O)(=O)c1cccc(NC(=O)C2CC23CCCc2ccccc23)c1. The maximum absolute atomic E-state index is 12.9. The number of rotatable bonds is 6. The number of benzene rings is 2. The van der Waals surface area contributed by atoms with Gasteiger partial charge >= 0.3 is 0 Å². The minimum atomic E-state index is -3.63. The van der Waals surface area contributed by atoms with Crippen molar-refractivity contribution in [3.05, 3.63) is 59.7 Å². The van der Waals surface area contributed by atoms with Crippen molar-refractivity contribution in [1.29, 1.82) is 0 Å². The molecule has 2 unspecified atom stereocenters. The number of hydrogen-bond acceptors (Lipinski definition) is 4. The second-order valence-corrected chi connectivity index (χ2v) is 9.39. The smallest absolute Gasteiger partial charge is 0.240 e. The molecule has 2 aromatic rings. The summed E-state index contributed by atoms with van der Waals surface area (Å²) in [6.45, 7) is 0.393. The van der Waals surface area contributed by atoms with E-state index in [1.807, 2.05) is 6.07 Å². The average molecular weight is 436 g/mol. The van der Waals surface area contributed by atoms with E-state index < -0.39 is 10.0 Å². The van der Waals surface area contributed by atoms with Crippen LogP contribution >= 0.6 is 12.4 Å². The number of anilines is 1. The Morgan fingerprint density at radius 2 is 1.97 bits per heavy atom. The largest absolute Gasteiger partial charge is 0.329 e. The minimum Gasteiger partial charge on any atom is -0.329 e. The van der Waals surface area contributed by atoms with Crippen LogP contribution in [0.4, 0.5) is 5.69 Å². The Balaban J connectivity index is 0.00000240. The lowest BCUT2D eigenvalue weighted by molar-refractivity contribution is -0.117. The number of hydrogen-bond donors (Lipinski definition) is 3. The van der Waals surface area contributed by atoms with Crippen LogP contribution in [0.3, 0.4) is 0 Å². The van der Waals surface area contributed by atoms with Crippen LogP contribution in [0.2, 0.25) is 0 Å². The fourth-order valence-corrected chi connectivity index (χ4v) is 5.52. The van der Waals surface area contributed by atoms with Gasteiger partial charge in [-0.05, 0) is 55.0 Å². The van der Waals surface area contributed by atoms with E-state index >= 15 is 0 Å². The van der Waals surface area contributed by atoms with Crippen molar-refractivity contribution >= 4 is 34.0 Å². The van der Waals surface area contributed by atoms with E-state index in [4.69, 9.17) is 5.73 Å². The van der Waals surface area contributed by atoms with Crippen molar-refractivity contribution in [2.75, 3.05) is 18.4 Å². The fourth-order valence-electron chi connectivity index (χ4n) is 4.42. The maximum Gasteiger partial charge on any atom is 0.240 e. The van der Waals surface area contributed by atoms with Crippen LogP contribution in [0.25, 0.3) is 0 Å². The van der Waals surface area contributed by atoms with Gasteiger partial charge in [0, 0.05) is 30.1 Å². The molecule has 29 heavy (non-hydrogen) atoms. The van der Waals surface area contributed by atoms with E-state index in [0.29, 0.717) is 5.69 Å². The Labute approximate surface area is 177 Å². The number of nitrogens with two attached hydrogens (primary N) is 1. The maximum atomic E-state index is 12.9. The van der Waals surface area contributed by atoms with Gasteiger partial charge < -0.3 is 11.1 Å².